The molecule has 0 atom stereocenters. The van der Waals surface area contributed by atoms with Gasteiger partial charge in [-0.2, -0.15) is 0 Å². The van der Waals surface area contributed by atoms with Crippen molar-refractivity contribution in [2.75, 3.05) is 24.5 Å². The average Bonchev–Trinajstić information content (AvgIpc) is 3.68. The fraction of sp³-hybridized carbons (Fsp3) is 0.345. The van der Waals surface area contributed by atoms with Crippen LogP contribution in [0, 0.1) is 0 Å². The van der Waals surface area contributed by atoms with Crippen LogP contribution in [0.5, 0.6) is 0 Å². The molecule has 9 heteroatoms. The second-order valence-electron chi connectivity index (χ2n) is 9.46. The molecule has 3 aromatic rings. The van der Waals surface area contributed by atoms with Crippen LogP contribution in [0.2, 0.25) is 0 Å². The van der Waals surface area contributed by atoms with E-state index in [2.05, 4.69) is 4.90 Å². The molecular formula is C29H31N3O4S2. The van der Waals surface area contributed by atoms with Crippen LogP contribution >= 0.6 is 24.0 Å². The highest BCUT2D eigenvalue weighted by atomic mass is 32.2. The van der Waals surface area contributed by atoms with Crippen LogP contribution in [-0.4, -0.2) is 45.6 Å². The smallest absolute Gasteiger partial charge is 0.266 e. The number of furan rings is 2. The van der Waals surface area contributed by atoms with Gasteiger partial charge in [0.05, 0.1) is 24.3 Å². The van der Waals surface area contributed by atoms with E-state index < -0.39 is 0 Å². The highest BCUT2D eigenvalue weighted by molar-refractivity contribution is 8.26. The van der Waals surface area contributed by atoms with Crippen molar-refractivity contribution in [1.82, 2.24) is 9.80 Å². The summed E-state index contributed by atoms with van der Waals surface area (Å²) >= 11 is 6.77. The number of nitrogens with zero attached hydrogens (tertiary/aromatic N) is 3. The Morgan fingerprint density at radius 1 is 1.00 bits per heavy atom. The molecule has 1 aromatic carbocycles. The number of hydrogen-bond donors (Lipinski definition) is 0. The average molecular weight is 550 g/mol. The summed E-state index contributed by atoms with van der Waals surface area (Å²) in [5.41, 5.74) is 0.957. The number of hydrogen-bond acceptors (Lipinski definition) is 7. The van der Waals surface area contributed by atoms with Gasteiger partial charge in [-0.1, -0.05) is 54.3 Å². The number of amides is 2. The lowest BCUT2D eigenvalue weighted by Gasteiger charge is -2.26. The number of thioether (sulfide) groups is 1. The van der Waals surface area contributed by atoms with Crippen LogP contribution in [0.4, 0.5) is 5.88 Å². The van der Waals surface area contributed by atoms with Crippen molar-refractivity contribution >= 4 is 52.1 Å². The highest BCUT2D eigenvalue weighted by Gasteiger charge is 2.32. The molecule has 0 saturated carbocycles. The molecule has 7 nitrogen and oxygen atoms in total. The van der Waals surface area contributed by atoms with Crippen LogP contribution < -0.4 is 4.90 Å². The van der Waals surface area contributed by atoms with E-state index in [1.807, 2.05) is 60.7 Å². The maximum atomic E-state index is 13.3. The molecule has 38 heavy (non-hydrogen) atoms. The first kappa shape index (κ1) is 26.3. The van der Waals surface area contributed by atoms with Crippen molar-refractivity contribution in [1.29, 1.82) is 0 Å². The minimum atomic E-state index is -0.107. The zero-order valence-electron chi connectivity index (χ0n) is 21.2. The highest BCUT2D eigenvalue weighted by Crippen LogP contribution is 2.33. The Morgan fingerprint density at radius 2 is 1.79 bits per heavy atom. The Morgan fingerprint density at radius 3 is 2.55 bits per heavy atom. The van der Waals surface area contributed by atoms with E-state index in [-0.39, 0.29) is 18.2 Å². The van der Waals surface area contributed by atoms with Crippen molar-refractivity contribution in [2.45, 2.75) is 45.2 Å². The standard InChI is InChI=1S/C29H31N3O4S2/c33-26(12-7-17-32-28(34)25(38-29(32)37)19-22-9-3-1-4-10-22)31(20-23-11-8-18-35-23)21-24-13-14-27(36-24)30-15-5-2-6-16-30/h1,3-4,8-11,13-14,18-19H,2,5-7,12,15-17,20-21H2/b25-19-. The van der Waals surface area contributed by atoms with Gasteiger partial charge in [0.1, 0.15) is 15.8 Å². The third-order valence-electron chi connectivity index (χ3n) is 6.68. The van der Waals surface area contributed by atoms with Crippen LogP contribution in [-0.2, 0) is 22.7 Å². The molecule has 0 spiro atoms. The number of anilines is 1. The van der Waals surface area contributed by atoms with Crippen LogP contribution in [0.25, 0.3) is 6.08 Å². The Balaban J connectivity index is 1.19. The maximum absolute atomic E-state index is 13.3. The summed E-state index contributed by atoms with van der Waals surface area (Å²) in [6, 6.07) is 17.3. The predicted molar refractivity (Wildman–Crippen MR) is 153 cm³/mol. The third-order valence-corrected chi connectivity index (χ3v) is 8.06. The molecule has 0 N–H and O–H groups in total. The van der Waals surface area contributed by atoms with Gasteiger partial charge in [-0.25, -0.2) is 0 Å². The lowest BCUT2D eigenvalue weighted by Crippen LogP contribution is -2.32. The Labute approximate surface area is 232 Å². The summed E-state index contributed by atoms with van der Waals surface area (Å²) in [6.07, 6.45) is 7.86. The SMILES string of the molecule is O=C(CCCN1C(=O)/C(=C/c2ccccc2)SC1=S)N(Cc1ccco1)Cc1ccc(N2CCCCC2)o1. The molecule has 2 fully saturated rings. The van der Waals surface area contributed by atoms with Gasteiger partial charge in [0.25, 0.3) is 5.91 Å². The van der Waals surface area contributed by atoms with Gasteiger partial charge >= 0.3 is 0 Å². The third kappa shape index (κ3) is 6.57. The predicted octanol–water partition coefficient (Wildman–Crippen LogP) is 6.07. The van der Waals surface area contributed by atoms with Crippen LogP contribution in [0.15, 0.2) is 74.6 Å². The lowest BCUT2D eigenvalue weighted by molar-refractivity contribution is -0.133. The summed E-state index contributed by atoms with van der Waals surface area (Å²) in [5.74, 6) is 2.19. The minimum Gasteiger partial charge on any atom is -0.467 e. The van der Waals surface area contributed by atoms with Crippen molar-refractivity contribution in [3.05, 3.63) is 82.8 Å². The molecule has 5 rings (SSSR count). The maximum Gasteiger partial charge on any atom is 0.266 e. The van der Waals surface area contributed by atoms with Gasteiger partial charge in [-0.05, 0) is 55.5 Å². The molecule has 2 amide bonds. The summed E-state index contributed by atoms with van der Waals surface area (Å²) in [4.78, 5) is 32.5. The summed E-state index contributed by atoms with van der Waals surface area (Å²) in [7, 11) is 0. The molecule has 198 valence electrons. The Hall–Kier alpha value is -3.30. The largest absolute Gasteiger partial charge is 0.467 e. The van der Waals surface area contributed by atoms with Gasteiger partial charge < -0.3 is 18.6 Å². The Kier molecular flexibility index (Phi) is 8.65. The summed E-state index contributed by atoms with van der Waals surface area (Å²) < 4.78 is 12.2. The molecule has 2 aliphatic heterocycles. The van der Waals surface area contributed by atoms with Gasteiger partial charge in [0.2, 0.25) is 5.91 Å². The van der Waals surface area contributed by atoms with E-state index in [9.17, 15) is 9.59 Å². The fourth-order valence-corrected chi connectivity index (χ4v) is 6.00. The first-order valence-corrected chi connectivity index (χ1v) is 14.2. The van der Waals surface area contributed by atoms with E-state index in [0.717, 1.165) is 30.3 Å². The van der Waals surface area contributed by atoms with Gasteiger partial charge in [-0.15, -0.1) is 0 Å². The lowest BCUT2D eigenvalue weighted by atomic mass is 10.1. The molecular weight excluding hydrogens is 518 g/mol. The molecule has 0 aliphatic carbocycles. The number of carbonyl (C=O) groups is 2. The van der Waals surface area contributed by atoms with Crippen molar-refractivity contribution in [2.24, 2.45) is 0 Å². The van der Waals surface area contributed by atoms with Crippen LogP contribution in [0.1, 0.15) is 49.2 Å². The fourth-order valence-electron chi connectivity index (χ4n) is 4.69. The van der Waals surface area contributed by atoms with E-state index in [4.69, 9.17) is 21.1 Å². The molecule has 0 bridgehead atoms. The molecule has 2 aliphatic rings. The summed E-state index contributed by atoms with van der Waals surface area (Å²) in [6.45, 7) is 3.11. The van der Waals surface area contributed by atoms with E-state index in [1.165, 1.54) is 31.0 Å². The first-order chi connectivity index (χ1) is 18.6. The molecule has 0 unspecified atom stereocenters. The monoisotopic (exact) mass is 549 g/mol. The molecule has 0 radical (unpaired) electrons. The van der Waals surface area contributed by atoms with Gasteiger partial charge in [0.15, 0.2) is 5.88 Å². The molecule has 2 aromatic heterocycles. The van der Waals surface area contributed by atoms with E-state index >= 15 is 0 Å². The molecule has 2 saturated heterocycles. The second-order valence-corrected chi connectivity index (χ2v) is 11.1. The van der Waals surface area contributed by atoms with Gasteiger partial charge in [-0.3, -0.25) is 14.5 Å². The van der Waals surface area contributed by atoms with E-state index in [0.29, 0.717) is 41.0 Å². The van der Waals surface area contributed by atoms with Crippen molar-refractivity contribution < 1.29 is 18.4 Å². The number of carbonyl (C=O) groups excluding carboxylic acids is 2. The normalized spacial score (nSPS) is 17.0. The second kappa shape index (κ2) is 12.5. The number of thiocarbonyl (C=S) groups is 1. The first-order valence-electron chi connectivity index (χ1n) is 13.0. The molecule has 4 heterocycles. The van der Waals surface area contributed by atoms with Gasteiger partial charge in [0, 0.05) is 32.1 Å². The number of rotatable bonds is 10. The minimum absolute atomic E-state index is 0.0254. The summed E-state index contributed by atoms with van der Waals surface area (Å²) in [5, 5.41) is 0. The Bertz CT molecular complexity index is 1280. The topological polar surface area (TPSA) is 70.1 Å². The number of piperidine rings is 1. The van der Waals surface area contributed by atoms with Crippen LogP contribution in [0.3, 0.4) is 0 Å². The van der Waals surface area contributed by atoms with Crippen molar-refractivity contribution in [3.63, 3.8) is 0 Å². The zero-order valence-corrected chi connectivity index (χ0v) is 22.8. The van der Waals surface area contributed by atoms with Crippen molar-refractivity contribution in [3.8, 4) is 0 Å². The van der Waals surface area contributed by atoms with E-state index in [1.54, 1.807) is 16.1 Å². The number of benzene rings is 1. The zero-order chi connectivity index (χ0) is 26.3. The quantitative estimate of drug-likeness (QED) is 0.224.